The van der Waals surface area contributed by atoms with Crippen LogP contribution in [0.2, 0.25) is 0 Å². The van der Waals surface area contributed by atoms with Gasteiger partial charge in [0.1, 0.15) is 5.75 Å². The topological polar surface area (TPSA) is 40.5 Å². The van der Waals surface area contributed by atoms with Crippen molar-refractivity contribution in [2.75, 3.05) is 6.61 Å². The smallest absolute Gasteiger partial charge is 0.118 e. The first-order valence-electron chi connectivity index (χ1n) is 4.48. The number of phenolic OH excluding ortho intramolecular Hbond substituents is 1. The van der Waals surface area contributed by atoms with Gasteiger partial charge in [-0.15, -0.1) is 0 Å². The molecule has 0 unspecified atom stereocenters. The Balaban J connectivity index is 0. The SMILES string of the molecule is CCCO.Cc1ccc(O)c(C)c1.[Y]. The molecule has 3 heteroatoms. The fraction of sp³-hybridized carbons (Fsp3) is 0.455. The molecule has 0 spiro atoms. The molecule has 0 aromatic heterocycles. The predicted octanol–water partition coefficient (Wildman–Crippen LogP) is 2.40. The van der Waals surface area contributed by atoms with E-state index in [0.717, 1.165) is 12.0 Å². The third-order valence-electron chi connectivity index (χ3n) is 1.58. The molecule has 0 saturated heterocycles. The third kappa shape index (κ3) is 7.48. The van der Waals surface area contributed by atoms with Crippen LogP contribution in [0.3, 0.4) is 0 Å². The number of phenols is 1. The molecule has 2 nitrogen and oxygen atoms in total. The van der Waals surface area contributed by atoms with Gasteiger partial charge in [0.05, 0.1) is 0 Å². The summed E-state index contributed by atoms with van der Waals surface area (Å²) in [7, 11) is 0. The molecule has 14 heavy (non-hydrogen) atoms. The van der Waals surface area contributed by atoms with Crippen LogP contribution in [0.4, 0.5) is 0 Å². The van der Waals surface area contributed by atoms with Crippen LogP contribution in [-0.4, -0.2) is 16.8 Å². The van der Waals surface area contributed by atoms with Crippen molar-refractivity contribution in [1.82, 2.24) is 0 Å². The maximum absolute atomic E-state index is 9.04. The second-order valence-electron chi connectivity index (χ2n) is 3.01. The van der Waals surface area contributed by atoms with Crippen molar-refractivity contribution in [2.45, 2.75) is 27.2 Å². The molecule has 1 radical (unpaired) electrons. The van der Waals surface area contributed by atoms with Crippen LogP contribution in [-0.2, 0) is 32.7 Å². The number of aromatic hydroxyl groups is 1. The second kappa shape index (κ2) is 9.63. The summed E-state index contributed by atoms with van der Waals surface area (Å²) in [5.41, 5.74) is 2.13. The molecular weight excluding hydrogens is 253 g/mol. The summed E-state index contributed by atoms with van der Waals surface area (Å²) >= 11 is 0. The number of hydrogen-bond donors (Lipinski definition) is 2. The molecule has 0 heterocycles. The summed E-state index contributed by atoms with van der Waals surface area (Å²) in [4.78, 5) is 0. The second-order valence-corrected chi connectivity index (χ2v) is 3.01. The Kier molecular flexibility index (Phi) is 11.4. The normalized spacial score (nSPS) is 8.29. The van der Waals surface area contributed by atoms with E-state index in [2.05, 4.69) is 0 Å². The Hall–Kier alpha value is 0.0839. The van der Waals surface area contributed by atoms with Gasteiger partial charge in [0.2, 0.25) is 0 Å². The zero-order chi connectivity index (χ0) is 10.3. The van der Waals surface area contributed by atoms with Gasteiger partial charge in [-0.2, -0.15) is 0 Å². The van der Waals surface area contributed by atoms with Gasteiger partial charge in [-0.1, -0.05) is 24.6 Å². The molecule has 2 N–H and O–H groups in total. The summed E-state index contributed by atoms with van der Waals surface area (Å²) in [5, 5.41) is 16.9. The molecule has 0 atom stereocenters. The van der Waals surface area contributed by atoms with Crippen LogP contribution in [0.15, 0.2) is 18.2 Å². The number of rotatable bonds is 1. The van der Waals surface area contributed by atoms with E-state index in [1.807, 2.05) is 32.9 Å². The molecule has 1 aromatic carbocycles. The van der Waals surface area contributed by atoms with Crippen LogP contribution in [0.5, 0.6) is 5.75 Å². The molecule has 0 aliphatic carbocycles. The van der Waals surface area contributed by atoms with Gasteiger partial charge in [-0.05, 0) is 31.9 Å². The van der Waals surface area contributed by atoms with Crippen LogP contribution < -0.4 is 0 Å². The molecule has 0 saturated carbocycles. The number of aryl methyl sites for hydroxylation is 2. The van der Waals surface area contributed by atoms with E-state index in [-0.39, 0.29) is 32.7 Å². The Morgan fingerprint density at radius 1 is 1.21 bits per heavy atom. The Bertz CT molecular complexity index is 247. The largest absolute Gasteiger partial charge is 0.508 e. The molecule has 1 rings (SSSR count). The van der Waals surface area contributed by atoms with Gasteiger partial charge in [0.15, 0.2) is 0 Å². The van der Waals surface area contributed by atoms with E-state index in [1.54, 1.807) is 6.07 Å². The maximum atomic E-state index is 9.04. The van der Waals surface area contributed by atoms with Crippen LogP contribution >= 0.6 is 0 Å². The Morgan fingerprint density at radius 2 is 1.71 bits per heavy atom. The van der Waals surface area contributed by atoms with Gasteiger partial charge in [-0.3, -0.25) is 0 Å². The zero-order valence-corrected chi connectivity index (χ0v) is 12.0. The van der Waals surface area contributed by atoms with E-state index >= 15 is 0 Å². The minimum atomic E-state index is 0. The van der Waals surface area contributed by atoms with Crippen molar-refractivity contribution in [2.24, 2.45) is 0 Å². The first kappa shape index (κ1) is 16.5. The third-order valence-corrected chi connectivity index (χ3v) is 1.58. The van der Waals surface area contributed by atoms with Crippen molar-refractivity contribution >= 4 is 0 Å². The van der Waals surface area contributed by atoms with Gasteiger partial charge in [0.25, 0.3) is 0 Å². The van der Waals surface area contributed by atoms with E-state index in [1.165, 1.54) is 5.56 Å². The quantitative estimate of drug-likeness (QED) is 0.823. The summed E-state index contributed by atoms with van der Waals surface area (Å²) in [6, 6.07) is 5.56. The first-order valence-corrected chi connectivity index (χ1v) is 4.48. The van der Waals surface area contributed by atoms with Gasteiger partial charge in [0, 0.05) is 39.3 Å². The number of aliphatic hydroxyl groups excluding tert-OH is 1. The molecule has 0 fully saturated rings. The van der Waals surface area contributed by atoms with Crippen molar-refractivity contribution in [3.8, 4) is 5.75 Å². The molecule has 0 aliphatic rings. The molecule has 1 aromatic rings. The average molecular weight is 271 g/mol. The number of aliphatic hydroxyl groups is 1. The van der Waals surface area contributed by atoms with E-state index < -0.39 is 0 Å². The van der Waals surface area contributed by atoms with Crippen LogP contribution in [0.1, 0.15) is 24.5 Å². The predicted molar refractivity (Wildman–Crippen MR) is 55.0 cm³/mol. The van der Waals surface area contributed by atoms with E-state index in [9.17, 15) is 0 Å². The molecular formula is C11H18O2Y. The molecule has 77 valence electrons. The monoisotopic (exact) mass is 271 g/mol. The van der Waals surface area contributed by atoms with Gasteiger partial charge >= 0.3 is 0 Å². The fourth-order valence-corrected chi connectivity index (χ4v) is 0.805. The zero-order valence-electron chi connectivity index (χ0n) is 9.12. The van der Waals surface area contributed by atoms with Crippen LogP contribution in [0.25, 0.3) is 0 Å². The maximum Gasteiger partial charge on any atom is 0.118 e. The fourth-order valence-electron chi connectivity index (χ4n) is 0.805. The minimum absolute atomic E-state index is 0. The Labute approximate surface area is 111 Å². The standard InChI is InChI=1S/C8H10O.C3H8O.Y/c1-6-3-4-8(9)7(2)5-6;1-2-3-4;/h3-5,9H,1-2H3;4H,2-3H2,1H3;. The van der Waals surface area contributed by atoms with Crippen molar-refractivity contribution in [3.63, 3.8) is 0 Å². The molecule has 0 bridgehead atoms. The van der Waals surface area contributed by atoms with Crippen molar-refractivity contribution < 1.29 is 42.9 Å². The summed E-state index contributed by atoms with van der Waals surface area (Å²) in [6.07, 6.45) is 0.875. The van der Waals surface area contributed by atoms with Crippen molar-refractivity contribution in [1.29, 1.82) is 0 Å². The van der Waals surface area contributed by atoms with E-state index in [0.29, 0.717) is 12.4 Å². The summed E-state index contributed by atoms with van der Waals surface area (Å²) in [5.74, 6) is 0.376. The Morgan fingerprint density at radius 3 is 2.00 bits per heavy atom. The molecule has 0 amide bonds. The molecule has 0 aliphatic heterocycles. The summed E-state index contributed by atoms with van der Waals surface area (Å²) in [6.45, 7) is 6.15. The summed E-state index contributed by atoms with van der Waals surface area (Å²) < 4.78 is 0. The number of hydrogen-bond acceptors (Lipinski definition) is 2. The first-order chi connectivity index (χ1) is 6.11. The van der Waals surface area contributed by atoms with Crippen molar-refractivity contribution in [3.05, 3.63) is 29.3 Å². The van der Waals surface area contributed by atoms with Gasteiger partial charge in [-0.25, -0.2) is 0 Å². The van der Waals surface area contributed by atoms with Gasteiger partial charge < -0.3 is 10.2 Å². The van der Waals surface area contributed by atoms with Crippen LogP contribution in [0, 0.1) is 13.8 Å². The van der Waals surface area contributed by atoms with E-state index in [4.69, 9.17) is 10.2 Å². The number of benzene rings is 1. The average Bonchev–Trinajstić information content (AvgIpc) is 2.12. The minimum Gasteiger partial charge on any atom is -0.508 e.